The third-order valence-corrected chi connectivity index (χ3v) is 4.39. The van der Waals surface area contributed by atoms with E-state index < -0.39 is 0 Å². The first-order valence-electron chi connectivity index (χ1n) is 6.58. The average Bonchev–Trinajstić information content (AvgIpc) is 2.47. The normalized spacial score (nSPS) is 17.3. The maximum absolute atomic E-state index is 4.38. The van der Waals surface area contributed by atoms with Crippen LogP contribution in [-0.4, -0.2) is 35.8 Å². The zero-order valence-electron chi connectivity index (χ0n) is 10.7. The molecule has 2 aromatic rings. The van der Waals surface area contributed by atoms with Crippen molar-refractivity contribution in [2.45, 2.75) is 4.71 Å². The van der Waals surface area contributed by atoms with E-state index in [1.165, 1.54) is 16.5 Å². The summed E-state index contributed by atoms with van der Waals surface area (Å²) in [7, 11) is 0. The molecule has 1 aliphatic heterocycles. The summed E-state index contributed by atoms with van der Waals surface area (Å²) in [6, 6.07) is 15.2. The van der Waals surface area contributed by atoms with Gasteiger partial charge in [0.05, 0.1) is 4.71 Å². The van der Waals surface area contributed by atoms with Crippen LogP contribution in [0.4, 0.5) is 5.69 Å². The van der Waals surface area contributed by atoms with Gasteiger partial charge in [-0.2, -0.15) is 0 Å². The number of hydrogen-bond acceptors (Lipinski definition) is 4. The Morgan fingerprint density at radius 2 is 1.53 bits per heavy atom. The molecule has 1 heterocycles. The molecule has 0 N–H and O–H groups in total. The third-order valence-electron chi connectivity index (χ3n) is 3.74. The Morgan fingerprint density at radius 3 is 2.21 bits per heavy atom. The first-order valence-corrected chi connectivity index (χ1v) is 7.61. The van der Waals surface area contributed by atoms with Crippen LogP contribution in [0.2, 0.25) is 0 Å². The zero-order chi connectivity index (χ0) is 13.2. The molecule has 0 spiro atoms. The van der Waals surface area contributed by atoms with Crippen LogP contribution in [-0.2, 0) is 0 Å². The highest BCUT2D eigenvalue weighted by atomic mass is 32.2. The summed E-state index contributed by atoms with van der Waals surface area (Å²) in [5.74, 6) is 0. The van der Waals surface area contributed by atoms with Crippen molar-refractivity contribution >= 4 is 41.7 Å². The maximum Gasteiger partial charge on any atom is 0.0970 e. The molecule has 3 rings (SSSR count). The second-order valence-corrected chi connectivity index (χ2v) is 6.29. The minimum Gasteiger partial charge on any atom is -0.369 e. The molecule has 19 heavy (non-hydrogen) atoms. The number of hydrogen-bond donors (Lipinski definition) is 2. The summed E-state index contributed by atoms with van der Waals surface area (Å²) in [4.78, 5) is 4.72. The Hall–Kier alpha value is -0.840. The summed E-state index contributed by atoms with van der Waals surface area (Å²) >= 11 is 8.76. The van der Waals surface area contributed by atoms with E-state index in [4.69, 9.17) is 0 Å². The number of nitrogens with zero attached hydrogens (tertiary/aromatic N) is 2. The molecule has 0 aromatic heterocycles. The van der Waals surface area contributed by atoms with Gasteiger partial charge in [-0.25, -0.2) is 0 Å². The van der Waals surface area contributed by atoms with E-state index in [9.17, 15) is 0 Å². The molecule has 0 atom stereocenters. The van der Waals surface area contributed by atoms with Gasteiger partial charge in [0.1, 0.15) is 0 Å². The number of benzene rings is 2. The first-order chi connectivity index (χ1) is 9.24. The highest BCUT2D eigenvalue weighted by Crippen LogP contribution is 2.23. The molecular weight excluding hydrogens is 272 g/mol. The molecule has 100 valence electrons. The highest BCUT2D eigenvalue weighted by molar-refractivity contribution is 7.99. The summed E-state index contributed by atoms with van der Waals surface area (Å²) in [6.07, 6.45) is 0. The van der Waals surface area contributed by atoms with Crippen LogP contribution in [0.3, 0.4) is 0 Å². The first kappa shape index (κ1) is 13.2. The number of anilines is 1. The lowest BCUT2D eigenvalue weighted by Gasteiger charge is -2.37. The third kappa shape index (κ3) is 2.86. The van der Waals surface area contributed by atoms with Crippen LogP contribution in [0, 0.1) is 0 Å². The van der Waals surface area contributed by atoms with Crippen molar-refractivity contribution in [1.29, 1.82) is 0 Å². The van der Waals surface area contributed by atoms with Crippen molar-refractivity contribution < 1.29 is 0 Å². The van der Waals surface area contributed by atoms with E-state index in [0.29, 0.717) is 0 Å². The van der Waals surface area contributed by atoms with Crippen LogP contribution >= 0.6 is 25.3 Å². The molecule has 0 bridgehead atoms. The monoisotopic (exact) mass is 290 g/mol. The average molecular weight is 290 g/mol. The van der Waals surface area contributed by atoms with E-state index >= 15 is 0 Å². The molecule has 4 heteroatoms. The van der Waals surface area contributed by atoms with Crippen molar-refractivity contribution in [3.05, 3.63) is 42.5 Å². The predicted molar refractivity (Wildman–Crippen MR) is 89.5 cm³/mol. The van der Waals surface area contributed by atoms with Gasteiger partial charge in [-0.1, -0.05) is 30.3 Å². The molecule has 0 aliphatic carbocycles. The topological polar surface area (TPSA) is 6.48 Å². The SMILES string of the molecule is SC(S)N1CCN(c2ccc3ccccc3c2)CC1. The molecule has 1 saturated heterocycles. The molecule has 0 radical (unpaired) electrons. The number of rotatable bonds is 2. The molecule has 0 saturated carbocycles. The van der Waals surface area contributed by atoms with E-state index in [0.717, 1.165) is 26.2 Å². The van der Waals surface area contributed by atoms with E-state index in [-0.39, 0.29) is 4.71 Å². The molecule has 2 nitrogen and oxygen atoms in total. The fourth-order valence-electron chi connectivity index (χ4n) is 2.58. The van der Waals surface area contributed by atoms with Crippen LogP contribution in [0.25, 0.3) is 10.8 Å². The zero-order valence-corrected chi connectivity index (χ0v) is 12.5. The quantitative estimate of drug-likeness (QED) is 0.648. The smallest absolute Gasteiger partial charge is 0.0970 e. The lowest BCUT2D eigenvalue weighted by molar-refractivity contribution is 0.287. The second-order valence-electron chi connectivity index (χ2n) is 4.90. The van der Waals surface area contributed by atoms with Gasteiger partial charge in [-0.05, 0) is 22.9 Å². The molecule has 0 unspecified atom stereocenters. The molecule has 0 amide bonds. The Kier molecular flexibility index (Phi) is 3.91. The highest BCUT2D eigenvalue weighted by Gasteiger charge is 2.19. The number of piperazine rings is 1. The van der Waals surface area contributed by atoms with Crippen LogP contribution in [0.1, 0.15) is 0 Å². The van der Waals surface area contributed by atoms with Crippen molar-refractivity contribution in [3.63, 3.8) is 0 Å². The minimum atomic E-state index is 0.0544. The van der Waals surface area contributed by atoms with Gasteiger partial charge in [-0.3, -0.25) is 4.90 Å². The molecule has 1 aliphatic rings. The summed E-state index contributed by atoms with van der Waals surface area (Å²) < 4.78 is 0.0544. The predicted octanol–water partition coefficient (Wildman–Crippen LogP) is 3.11. The van der Waals surface area contributed by atoms with Crippen LogP contribution in [0.5, 0.6) is 0 Å². The van der Waals surface area contributed by atoms with Crippen molar-refractivity contribution in [2.75, 3.05) is 31.1 Å². The Bertz CT molecular complexity index is 563. The molecular formula is C15H18N2S2. The minimum absolute atomic E-state index is 0.0544. The van der Waals surface area contributed by atoms with Crippen LogP contribution in [0.15, 0.2) is 42.5 Å². The van der Waals surface area contributed by atoms with Crippen molar-refractivity contribution in [3.8, 4) is 0 Å². The van der Waals surface area contributed by atoms with E-state index in [2.05, 4.69) is 77.5 Å². The van der Waals surface area contributed by atoms with Crippen molar-refractivity contribution in [2.24, 2.45) is 0 Å². The van der Waals surface area contributed by atoms with Gasteiger partial charge in [0.15, 0.2) is 0 Å². The maximum atomic E-state index is 4.38. The van der Waals surface area contributed by atoms with E-state index in [1.54, 1.807) is 0 Å². The van der Waals surface area contributed by atoms with Gasteiger partial charge in [0.25, 0.3) is 0 Å². The van der Waals surface area contributed by atoms with Gasteiger partial charge >= 0.3 is 0 Å². The molecule has 1 fully saturated rings. The Labute approximate surface area is 125 Å². The summed E-state index contributed by atoms with van der Waals surface area (Å²) in [5, 5.41) is 2.61. The second kappa shape index (κ2) is 5.65. The van der Waals surface area contributed by atoms with Gasteiger partial charge in [0.2, 0.25) is 0 Å². The number of thiol groups is 2. The molecule has 2 aromatic carbocycles. The lowest BCUT2D eigenvalue weighted by Crippen LogP contribution is -2.47. The van der Waals surface area contributed by atoms with Gasteiger partial charge in [-0.15, -0.1) is 25.3 Å². The summed E-state index contributed by atoms with van der Waals surface area (Å²) in [5.41, 5.74) is 1.31. The van der Waals surface area contributed by atoms with E-state index in [1.807, 2.05) is 0 Å². The van der Waals surface area contributed by atoms with Crippen molar-refractivity contribution in [1.82, 2.24) is 4.90 Å². The fraction of sp³-hybridized carbons (Fsp3) is 0.333. The van der Waals surface area contributed by atoms with Crippen LogP contribution < -0.4 is 4.90 Å². The Morgan fingerprint density at radius 1 is 0.842 bits per heavy atom. The standard InChI is InChI=1S/C15H18N2S2/c18-15(19)17-9-7-16(8-10-17)14-6-5-12-3-1-2-4-13(12)11-14/h1-6,11,15,18-19H,7-10H2. The number of fused-ring (bicyclic) bond motifs is 1. The lowest BCUT2D eigenvalue weighted by atomic mass is 10.1. The van der Waals surface area contributed by atoms with Gasteiger partial charge < -0.3 is 4.90 Å². The largest absolute Gasteiger partial charge is 0.369 e. The fourth-order valence-corrected chi connectivity index (χ4v) is 3.05. The summed E-state index contributed by atoms with van der Waals surface area (Å²) in [6.45, 7) is 4.11. The van der Waals surface area contributed by atoms with Gasteiger partial charge in [0, 0.05) is 31.9 Å². The Balaban J connectivity index is 1.78.